The monoisotopic (exact) mass is 573 g/mol. The molecule has 40 heavy (non-hydrogen) atoms. The predicted molar refractivity (Wildman–Crippen MR) is 160 cm³/mol. The predicted octanol–water partition coefficient (Wildman–Crippen LogP) is 5.91. The number of benzene rings is 3. The number of thiophene rings is 1. The fraction of sp³-hybridized carbons (Fsp3) is 0.100. The highest BCUT2D eigenvalue weighted by Crippen LogP contribution is 2.26. The highest BCUT2D eigenvalue weighted by molar-refractivity contribution is 8.00. The number of hydrogen-bond acceptors (Lipinski definition) is 7. The Kier molecular flexibility index (Phi) is 9.98. The highest BCUT2D eigenvalue weighted by atomic mass is 32.2. The zero-order chi connectivity index (χ0) is 28.3. The van der Waals surface area contributed by atoms with E-state index in [1.807, 2.05) is 35.0 Å². The van der Waals surface area contributed by atoms with Crippen LogP contribution >= 0.6 is 23.1 Å². The topological polar surface area (TPSA) is 106 Å². The van der Waals surface area contributed by atoms with Gasteiger partial charge in [-0.25, -0.2) is 0 Å². The third-order valence-electron chi connectivity index (χ3n) is 5.50. The molecule has 0 aliphatic carbocycles. The molecule has 0 atom stereocenters. The van der Waals surface area contributed by atoms with E-state index in [9.17, 15) is 14.4 Å². The standard InChI is InChI=1S/C30H27N3O5S2/c1-37-24-15-23(16-25(17-24)38-2)31-28(34)19-40-26-10-8-22(9-11-26)32-30(36)27(14-20-12-13-39-18-20)33-29(35)21-6-4-3-5-7-21/h3-18H,19H2,1-2H3,(H,31,34)(H,32,36)(H,33,35)/b27-14-. The quantitative estimate of drug-likeness (QED) is 0.152. The van der Waals surface area contributed by atoms with Gasteiger partial charge in [0.2, 0.25) is 5.91 Å². The van der Waals surface area contributed by atoms with E-state index in [4.69, 9.17) is 9.47 Å². The molecule has 8 nitrogen and oxygen atoms in total. The van der Waals surface area contributed by atoms with E-state index in [0.29, 0.717) is 28.4 Å². The van der Waals surface area contributed by atoms with Crippen LogP contribution in [-0.2, 0) is 9.59 Å². The Balaban J connectivity index is 1.36. The summed E-state index contributed by atoms with van der Waals surface area (Å²) in [5.74, 6) is 0.319. The van der Waals surface area contributed by atoms with Crippen LogP contribution in [-0.4, -0.2) is 37.7 Å². The van der Waals surface area contributed by atoms with Crippen LogP contribution in [0.5, 0.6) is 11.5 Å². The molecule has 204 valence electrons. The zero-order valence-electron chi connectivity index (χ0n) is 21.8. The van der Waals surface area contributed by atoms with Crippen LogP contribution in [0.3, 0.4) is 0 Å². The molecule has 0 unspecified atom stereocenters. The average Bonchev–Trinajstić information content (AvgIpc) is 3.50. The fourth-order valence-electron chi connectivity index (χ4n) is 3.52. The molecular weight excluding hydrogens is 546 g/mol. The van der Waals surface area contributed by atoms with Crippen molar-refractivity contribution in [3.8, 4) is 11.5 Å². The number of ether oxygens (including phenoxy) is 2. The Morgan fingerprint density at radius 3 is 2.17 bits per heavy atom. The number of carbonyl (C=O) groups is 3. The molecule has 3 N–H and O–H groups in total. The summed E-state index contributed by atoms with van der Waals surface area (Å²) in [7, 11) is 3.09. The fourth-order valence-corrected chi connectivity index (χ4v) is 4.84. The molecule has 0 aliphatic rings. The molecule has 3 aromatic carbocycles. The molecule has 4 rings (SSSR count). The van der Waals surface area contributed by atoms with Crippen LogP contribution in [0.25, 0.3) is 6.08 Å². The second-order valence-electron chi connectivity index (χ2n) is 8.35. The minimum Gasteiger partial charge on any atom is -0.497 e. The summed E-state index contributed by atoms with van der Waals surface area (Å²) in [6.45, 7) is 0. The van der Waals surface area contributed by atoms with Gasteiger partial charge >= 0.3 is 0 Å². The molecule has 0 saturated carbocycles. The molecule has 10 heteroatoms. The largest absolute Gasteiger partial charge is 0.497 e. The van der Waals surface area contributed by atoms with Crippen molar-refractivity contribution in [2.45, 2.75) is 4.90 Å². The van der Waals surface area contributed by atoms with Gasteiger partial charge in [-0.05, 0) is 64.9 Å². The molecule has 1 aromatic heterocycles. The van der Waals surface area contributed by atoms with Gasteiger partial charge in [0.15, 0.2) is 0 Å². The Morgan fingerprint density at radius 2 is 1.55 bits per heavy atom. The summed E-state index contributed by atoms with van der Waals surface area (Å²) in [5, 5.41) is 12.2. The first-order valence-electron chi connectivity index (χ1n) is 12.1. The summed E-state index contributed by atoms with van der Waals surface area (Å²) >= 11 is 2.85. The van der Waals surface area contributed by atoms with Crippen molar-refractivity contribution in [2.24, 2.45) is 0 Å². The van der Waals surface area contributed by atoms with E-state index in [1.54, 1.807) is 74.9 Å². The van der Waals surface area contributed by atoms with Crippen LogP contribution in [0.4, 0.5) is 11.4 Å². The normalized spacial score (nSPS) is 10.9. The van der Waals surface area contributed by atoms with Gasteiger partial charge in [-0.2, -0.15) is 11.3 Å². The third kappa shape index (κ3) is 8.23. The van der Waals surface area contributed by atoms with E-state index < -0.39 is 5.91 Å². The summed E-state index contributed by atoms with van der Waals surface area (Å²) < 4.78 is 10.5. The number of amides is 3. The van der Waals surface area contributed by atoms with Crippen molar-refractivity contribution < 1.29 is 23.9 Å². The van der Waals surface area contributed by atoms with Gasteiger partial charge in [-0.15, -0.1) is 11.8 Å². The number of carbonyl (C=O) groups excluding carboxylic acids is 3. The number of thioether (sulfide) groups is 1. The van der Waals surface area contributed by atoms with Gasteiger partial charge < -0.3 is 25.4 Å². The van der Waals surface area contributed by atoms with Crippen molar-refractivity contribution in [3.05, 3.63) is 106 Å². The second kappa shape index (κ2) is 14.0. The van der Waals surface area contributed by atoms with E-state index in [0.717, 1.165) is 10.5 Å². The number of anilines is 2. The minimum absolute atomic E-state index is 0.122. The lowest BCUT2D eigenvalue weighted by Gasteiger charge is -2.12. The smallest absolute Gasteiger partial charge is 0.272 e. The van der Waals surface area contributed by atoms with Crippen LogP contribution < -0.4 is 25.4 Å². The molecule has 0 radical (unpaired) electrons. The number of hydrogen-bond donors (Lipinski definition) is 3. The van der Waals surface area contributed by atoms with E-state index in [2.05, 4.69) is 16.0 Å². The van der Waals surface area contributed by atoms with Gasteiger partial charge in [0, 0.05) is 40.0 Å². The zero-order valence-corrected chi connectivity index (χ0v) is 23.4. The first-order valence-corrected chi connectivity index (χ1v) is 14.0. The minimum atomic E-state index is -0.455. The Labute approximate surface area is 240 Å². The van der Waals surface area contributed by atoms with E-state index in [1.165, 1.54) is 23.1 Å². The molecule has 0 spiro atoms. The van der Waals surface area contributed by atoms with Crippen molar-refractivity contribution in [1.29, 1.82) is 0 Å². The first kappa shape index (κ1) is 28.5. The van der Waals surface area contributed by atoms with Gasteiger partial charge in [0.05, 0.1) is 20.0 Å². The summed E-state index contributed by atoms with van der Waals surface area (Å²) in [4.78, 5) is 39.2. The first-order chi connectivity index (χ1) is 19.4. The van der Waals surface area contributed by atoms with Crippen molar-refractivity contribution in [1.82, 2.24) is 5.32 Å². The van der Waals surface area contributed by atoms with Gasteiger partial charge in [0.1, 0.15) is 17.2 Å². The summed E-state index contributed by atoms with van der Waals surface area (Å²) in [6, 6.07) is 22.8. The molecular formula is C30H27N3O5S2. The number of nitrogens with one attached hydrogen (secondary N) is 3. The lowest BCUT2D eigenvalue weighted by molar-refractivity contribution is -0.114. The number of rotatable bonds is 11. The van der Waals surface area contributed by atoms with Crippen molar-refractivity contribution in [3.63, 3.8) is 0 Å². The Morgan fingerprint density at radius 1 is 0.850 bits per heavy atom. The molecule has 3 amide bonds. The lowest BCUT2D eigenvalue weighted by Crippen LogP contribution is -2.30. The second-order valence-corrected chi connectivity index (χ2v) is 10.2. The maximum Gasteiger partial charge on any atom is 0.272 e. The maximum atomic E-state index is 13.1. The maximum absolute atomic E-state index is 13.1. The summed E-state index contributed by atoms with van der Waals surface area (Å²) in [5.41, 5.74) is 2.50. The number of methoxy groups -OCH3 is 2. The van der Waals surface area contributed by atoms with E-state index in [-0.39, 0.29) is 23.3 Å². The van der Waals surface area contributed by atoms with Crippen molar-refractivity contribution in [2.75, 3.05) is 30.6 Å². The van der Waals surface area contributed by atoms with Gasteiger partial charge in [-0.3, -0.25) is 14.4 Å². The van der Waals surface area contributed by atoms with Crippen LogP contribution in [0.1, 0.15) is 15.9 Å². The van der Waals surface area contributed by atoms with E-state index >= 15 is 0 Å². The third-order valence-corrected chi connectivity index (χ3v) is 7.21. The van der Waals surface area contributed by atoms with Crippen LogP contribution in [0, 0.1) is 0 Å². The molecule has 1 heterocycles. The Bertz CT molecular complexity index is 1470. The molecule has 0 aliphatic heterocycles. The Hall–Kier alpha value is -4.54. The SMILES string of the molecule is COc1cc(NC(=O)CSc2ccc(NC(=O)/C(=C/c3ccsc3)NC(=O)c3ccccc3)cc2)cc(OC)c1. The van der Waals surface area contributed by atoms with Gasteiger partial charge in [0.25, 0.3) is 11.8 Å². The molecule has 0 bridgehead atoms. The molecule has 4 aromatic rings. The lowest BCUT2D eigenvalue weighted by atomic mass is 10.2. The average molecular weight is 574 g/mol. The van der Waals surface area contributed by atoms with Crippen LogP contribution in [0.15, 0.2) is 100 Å². The van der Waals surface area contributed by atoms with Gasteiger partial charge in [-0.1, -0.05) is 18.2 Å². The highest BCUT2D eigenvalue weighted by Gasteiger charge is 2.15. The molecule has 0 fully saturated rings. The van der Waals surface area contributed by atoms with Crippen LogP contribution in [0.2, 0.25) is 0 Å². The summed E-state index contributed by atoms with van der Waals surface area (Å²) in [6.07, 6.45) is 1.63. The molecule has 0 saturated heterocycles. The van der Waals surface area contributed by atoms with Crippen molar-refractivity contribution >= 4 is 58.3 Å².